The highest BCUT2D eigenvalue weighted by Crippen LogP contribution is 2.38. The van der Waals surface area contributed by atoms with Gasteiger partial charge in [0.1, 0.15) is 0 Å². The van der Waals surface area contributed by atoms with Crippen molar-refractivity contribution in [1.82, 2.24) is 0 Å². The molecule has 0 heterocycles. The summed E-state index contributed by atoms with van der Waals surface area (Å²) in [6, 6.07) is 10.4. The first-order valence-electron chi connectivity index (χ1n) is 6.30. The van der Waals surface area contributed by atoms with Gasteiger partial charge >= 0.3 is 0 Å². The molecule has 0 radical (unpaired) electrons. The average Bonchev–Trinajstić information content (AvgIpc) is 2.39. The van der Waals surface area contributed by atoms with Crippen molar-refractivity contribution in [3.63, 3.8) is 0 Å². The van der Waals surface area contributed by atoms with Crippen LogP contribution in [0.1, 0.15) is 31.7 Å². The zero-order chi connectivity index (χ0) is 12.3. The molecule has 1 N–H and O–H groups in total. The second-order valence-corrected chi connectivity index (χ2v) is 4.81. The minimum absolute atomic E-state index is 0.153. The quantitative estimate of drug-likeness (QED) is 0.836. The fourth-order valence-electron chi connectivity index (χ4n) is 2.60. The highest BCUT2D eigenvalue weighted by molar-refractivity contribution is 5.28. The number of benzene rings is 1. The maximum atomic E-state index is 10.6. The summed E-state index contributed by atoms with van der Waals surface area (Å²) in [5.41, 5.74) is 0.577. The Balaban J connectivity index is 2.28. The van der Waals surface area contributed by atoms with E-state index >= 15 is 0 Å². The Labute approximate surface area is 103 Å². The molecule has 0 fully saturated rings. The topological polar surface area (TPSA) is 20.2 Å². The molecule has 2 rings (SSSR count). The first kappa shape index (κ1) is 12.1. The van der Waals surface area contributed by atoms with Gasteiger partial charge in [-0.25, -0.2) is 0 Å². The van der Waals surface area contributed by atoms with Crippen molar-refractivity contribution in [2.24, 2.45) is 5.92 Å². The molecule has 0 saturated heterocycles. The van der Waals surface area contributed by atoms with E-state index < -0.39 is 5.60 Å². The van der Waals surface area contributed by atoms with Crippen LogP contribution in [0.3, 0.4) is 0 Å². The van der Waals surface area contributed by atoms with Crippen molar-refractivity contribution < 1.29 is 5.11 Å². The van der Waals surface area contributed by atoms with E-state index in [0.717, 1.165) is 6.42 Å². The highest BCUT2D eigenvalue weighted by Gasteiger charge is 2.36. The maximum absolute atomic E-state index is 10.6. The van der Waals surface area contributed by atoms with Crippen LogP contribution in [0.4, 0.5) is 0 Å². The predicted octanol–water partition coefficient (Wildman–Crippen LogP) is 3.67. The van der Waals surface area contributed by atoms with Gasteiger partial charge in [-0.3, -0.25) is 0 Å². The van der Waals surface area contributed by atoms with Gasteiger partial charge in [-0.2, -0.15) is 0 Å². The normalized spacial score (nSPS) is 29.2. The fraction of sp³-hybridized carbons (Fsp3) is 0.375. The van der Waals surface area contributed by atoms with Crippen molar-refractivity contribution in [3.8, 4) is 0 Å². The summed E-state index contributed by atoms with van der Waals surface area (Å²) >= 11 is 0. The van der Waals surface area contributed by atoms with Gasteiger partial charge in [-0.05, 0) is 17.9 Å². The van der Waals surface area contributed by atoms with E-state index in [1.165, 1.54) is 5.56 Å². The Kier molecular flexibility index (Phi) is 3.49. The van der Waals surface area contributed by atoms with Crippen LogP contribution >= 0.6 is 0 Å². The van der Waals surface area contributed by atoms with Gasteiger partial charge in [0.05, 0.1) is 5.60 Å². The number of allylic oxidation sites excluding steroid dienone is 2. The highest BCUT2D eigenvalue weighted by atomic mass is 16.3. The second kappa shape index (κ2) is 4.89. The van der Waals surface area contributed by atoms with Crippen LogP contribution in [-0.2, 0) is 0 Å². The average molecular weight is 228 g/mol. The molecule has 1 aromatic carbocycles. The van der Waals surface area contributed by atoms with E-state index in [-0.39, 0.29) is 5.92 Å². The first-order valence-corrected chi connectivity index (χ1v) is 6.30. The summed E-state index contributed by atoms with van der Waals surface area (Å²) in [5, 5.41) is 10.6. The van der Waals surface area contributed by atoms with Crippen LogP contribution in [0.5, 0.6) is 0 Å². The molecular weight excluding hydrogens is 208 g/mol. The molecule has 1 nitrogen and oxygen atoms in total. The van der Waals surface area contributed by atoms with Crippen LogP contribution in [-0.4, -0.2) is 10.7 Å². The lowest BCUT2D eigenvalue weighted by molar-refractivity contribution is 0.0334. The molecule has 0 amide bonds. The van der Waals surface area contributed by atoms with Crippen molar-refractivity contribution in [3.05, 3.63) is 60.2 Å². The van der Waals surface area contributed by atoms with E-state index in [4.69, 9.17) is 0 Å². The molecule has 1 heteroatoms. The molecule has 3 atom stereocenters. The zero-order valence-corrected chi connectivity index (χ0v) is 10.5. The third kappa shape index (κ3) is 2.34. The van der Waals surface area contributed by atoms with Crippen molar-refractivity contribution in [1.29, 1.82) is 0 Å². The van der Waals surface area contributed by atoms with Crippen molar-refractivity contribution in [2.45, 2.75) is 31.8 Å². The maximum Gasteiger partial charge on any atom is 0.0896 e. The van der Waals surface area contributed by atoms with E-state index in [9.17, 15) is 5.11 Å². The molecule has 1 aromatic rings. The number of hydrogen-bond donors (Lipinski definition) is 1. The number of rotatable bonds is 3. The number of hydrogen-bond acceptors (Lipinski definition) is 1. The minimum Gasteiger partial charge on any atom is -0.385 e. The SMILES string of the molecule is CCC1(O)C=CC=CC1C(C)c1ccccc1. The third-order valence-corrected chi connectivity index (χ3v) is 3.82. The standard InChI is InChI=1S/C16H20O/c1-3-16(17)12-8-7-11-15(16)13(2)14-9-5-4-6-10-14/h4-13,15,17H,3H2,1-2H3. The van der Waals surface area contributed by atoms with Crippen LogP contribution in [0.25, 0.3) is 0 Å². The van der Waals surface area contributed by atoms with Gasteiger partial charge in [0, 0.05) is 5.92 Å². The zero-order valence-electron chi connectivity index (χ0n) is 10.5. The Morgan fingerprint density at radius 3 is 2.59 bits per heavy atom. The molecule has 0 saturated carbocycles. The smallest absolute Gasteiger partial charge is 0.0896 e. The lowest BCUT2D eigenvalue weighted by atomic mass is 9.72. The summed E-state index contributed by atoms with van der Waals surface area (Å²) in [6.07, 6.45) is 8.78. The summed E-state index contributed by atoms with van der Waals surface area (Å²) in [7, 11) is 0. The molecule has 1 aliphatic carbocycles. The van der Waals surface area contributed by atoms with Gasteiger partial charge in [0.2, 0.25) is 0 Å². The van der Waals surface area contributed by atoms with Gasteiger partial charge in [-0.15, -0.1) is 0 Å². The number of aliphatic hydroxyl groups is 1. The van der Waals surface area contributed by atoms with Gasteiger partial charge in [0.15, 0.2) is 0 Å². The summed E-state index contributed by atoms with van der Waals surface area (Å²) in [6.45, 7) is 4.22. The molecule has 1 aliphatic rings. The van der Waals surface area contributed by atoms with Crippen LogP contribution in [0, 0.1) is 5.92 Å². The molecule has 0 bridgehead atoms. The Bertz CT molecular complexity index is 418. The van der Waals surface area contributed by atoms with Gasteiger partial charge in [0.25, 0.3) is 0 Å². The van der Waals surface area contributed by atoms with E-state index in [1.54, 1.807) is 0 Å². The van der Waals surface area contributed by atoms with E-state index in [0.29, 0.717) is 5.92 Å². The molecule has 3 unspecified atom stereocenters. The van der Waals surface area contributed by atoms with Gasteiger partial charge in [-0.1, -0.05) is 68.5 Å². The summed E-state index contributed by atoms with van der Waals surface area (Å²) in [5.74, 6) is 0.474. The molecule has 0 spiro atoms. The largest absolute Gasteiger partial charge is 0.385 e. The van der Waals surface area contributed by atoms with Crippen molar-refractivity contribution in [2.75, 3.05) is 0 Å². The van der Waals surface area contributed by atoms with Crippen LogP contribution < -0.4 is 0 Å². The fourth-order valence-corrected chi connectivity index (χ4v) is 2.60. The van der Waals surface area contributed by atoms with E-state index in [1.807, 2.05) is 31.2 Å². The van der Waals surface area contributed by atoms with Crippen LogP contribution in [0.15, 0.2) is 54.6 Å². The minimum atomic E-state index is -0.704. The predicted molar refractivity (Wildman–Crippen MR) is 71.9 cm³/mol. The molecular formula is C16H20O. The Morgan fingerprint density at radius 1 is 1.24 bits per heavy atom. The monoisotopic (exact) mass is 228 g/mol. The summed E-state index contributed by atoms with van der Waals surface area (Å²) in [4.78, 5) is 0. The summed E-state index contributed by atoms with van der Waals surface area (Å²) < 4.78 is 0. The molecule has 0 aromatic heterocycles. The van der Waals surface area contributed by atoms with Crippen LogP contribution in [0.2, 0.25) is 0 Å². The first-order chi connectivity index (χ1) is 8.17. The molecule has 0 aliphatic heterocycles. The molecule has 17 heavy (non-hydrogen) atoms. The Morgan fingerprint density at radius 2 is 1.94 bits per heavy atom. The van der Waals surface area contributed by atoms with E-state index in [2.05, 4.69) is 37.3 Å². The second-order valence-electron chi connectivity index (χ2n) is 4.81. The lowest BCUT2D eigenvalue weighted by Crippen LogP contribution is -2.38. The molecule has 90 valence electrons. The van der Waals surface area contributed by atoms with Crippen molar-refractivity contribution >= 4 is 0 Å². The Hall–Kier alpha value is -1.34. The lowest BCUT2D eigenvalue weighted by Gasteiger charge is -2.37. The third-order valence-electron chi connectivity index (χ3n) is 3.82. The van der Waals surface area contributed by atoms with Gasteiger partial charge < -0.3 is 5.11 Å².